The van der Waals surface area contributed by atoms with Gasteiger partial charge in [-0.15, -0.1) is 0 Å². The van der Waals surface area contributed by atoms with Gasteiger partial charge >= 0.3 is 5.97 Å². The molecule has 0 rings (SSSR count). The molecule has 0 aliphatic rings. The van der Waals surface area contributed by atoms with Crippen molar-refractivity contribution in [3.8, 4) is 0 Å². The van der Waals surface area contributed by atoms with Crippen molar-refractivity contribution in [1.82, 2.24) is 0 Å². The van der Waals surface area contributed by atoms with Gasteiger partial charge in [-0.2, -0.15) is 0 Å². The Kier molecular flexibility index (Phi) is 7.36. The minimum absolute atomic E-state index is 0.582. The number of aliphatic carboxylic acids is 1. The summed E-state index contributed by atoms with van der Waals surface area (Å²) in [5.41, 5.74) is 0.582. The first-order valence-electron chi connectivity index (χ1n) is 5.14. The lowest BCUT2D eigenvalue weighted by molar-refractivity contribution is -0.132. The Labute approximate surface area is 80.7 Å². The van der Waals surface area contributed by atoms with E-state index in [-0.39, 0.29) is 0 Å². The van der Waals surface area contributed by atoms with E-state index in [1.54, 1.807) is 0 Å². The van der Waals surface area contributed by atoms with Crippen LogP contribution in [0.15, 0.2) is 11.6 Å². The molecule has 0 heterocycles. The van der Waals surface area contributed by atoms with Crippen molar-refractivity contribution in [2.45, 2.75) is 52.4 Å². The van der Waals surface area contributed by atoms with Crippen molar-refractivity contribution in [3.63, 3.8) is 0 Å². The normalized spacial score (nSPS) is 11.7. The van der Waals surface area contributed by atoms with Crippen LogP contribution < -0.4 is 0 Å². The first-order chi connectivity index (χ1) is 6.22. The maximum absolute atomic E-state index is 10.7. The molecule has 1 N–H and O–H groups in total. The van der Waals surface area contributed by atoms with Crippen molar-refractivity contribution in [1.29, 1.82) is 0 Å². The summed E-state index contributed by atoms with van der Waals surface area (Å²) < 4.78 is 0. The Morgan fingerprint density at radius 3 is 2.38 bits per heavy atom. The first kappa shape index (κ1) is 12.2. The van der Waals surface area contributed by atoms with Crippen LogP contribution in [0, 0.1) is 0 Å². The summed E-state index contributed by atoms with van der Waals surface area (Å²) in [6.07, 6.45) is 7.88. The summed E-state index contributed by atoms with van der Waals surface area (Å²) in [5, 5.41) is 8.79. The number of hydrogen-bond donors (Lipinski definition) is 1. The maximum atomic E-state index is 10.7. The number of allylic oxidation sites excluding steroid dienone is 1. The molecule has 0 aromatic rings. The zero-order valence-electron chi connectivity index (χ0n) is 8.68. The molecule has 2 nitrogen and oxygen atoms in total. The first-order valence-corrected chi connectivity index (χ1v) is 5.14. The summed E-state index contributed by atoms with van der Waals surface area (Å²) in [7, 11) is 0. The third-order valence-corrected chi connectivity index (χ3v) is 1.99. The topological polar surface area (TPSA) is 37.3 Å². The molecule has 0 bridgehead atoms. The largest absolute Gasteiger partial charge is 0.478 e. The molecule has 0 saturated carbocycles. The number of carboxylic acid groups (broad SMARTS) is 1. The van der Waals surface area contributed by atoms with E-state index in [0.717, 1.165) is 19.3 Å². The summed E-state index contributed by atoms with van der Waals surface area (Å²) in [4.78, 5) is 10.7. The fraction of sp³-hybridized carbons (Fsp3) is 0.727. The number of carboxylic acids is 1. The van der Waals surface area contributed by atoms with Gasteiger partial charge in [0.25, 0.3) is 0 Å². The van der Waals surface area contributed by atoms with Crippen LogP contribution in [-0.2, 0) is 4.79 Å². The molecule has 0 atom stereocenters. The summed E-state index contributed by atoms with van der Waals surface area (Å²) in [6.45, 7) is 4.15. The molecule has 2 heteroatoms. The van der Waals surface area contributed by atoms with Crippen LogP contribution in [-0.4, -0.2) is 11.1 Å². The number of carbonyl (C=O) groups is 1. The van der Waals surface area contributed by atoms with Crippen molar-refractivity contribution in [2.75, 3.05) is 0 Å². The van der Waals surface area contributed by atoms with Gasteiger partial charge in [0.15, 0.2) is 0 Å². The standard InChI is InChI=1S/C11H20O2/c1-3-5-6-7-9-10(8-4-2)11(12)13/h9H,3-8H2,1-2H3,(H,12,13). The third kappa shape index (κ3) is 6.38. The van der Waals surface area contributed by atoms with Crippen LogP contribution in [0.3, 0.4) is 0 Å². The van der Waals surface area contributed by atoms with Crippen LogP contribution in [0.5, 0.6) is 0 Å². The fourth-order valence-electron chi connectivity index (χ4n) is 1.24. The van der Waals surface area contributed by atoms with E-state index in [0.29, 0.717) is 12.0 Å². The Hall–Kier alpha value is -0.790. The number of rotatable bonds is 7. The zero-order chi connectivity index (χ0) is 10.1. The lowest BCUT2D eigenvalue weighted by atomic mass is 10.1. The van der Waals surface area contributed by atoms with Crippen LogP contribution >= 0.6 is 0 Å². The third-order valence-electron chi connectivity index (χ3n) is 1.99. The van der Waals surface area contributed by atoms with Gasteiger partial charge in [0.2, 0.25) is 0 Å². The molecular formula is C11H20O2. The van der Waals surface area contributed by atoms with Gasteiger partial charge in [-0.25, -0.2) is 4.79 Å². The van der Waals surface area contributed by atoms with E-state index in [4.69, 9.17) is 5.11 Å². The summed E-state index contributed by atoms with van der Waals surface area (Å²) in [5.74, 6) is -0.752. The van der Waals surface area contributed by atoms with E-state index >= 15 is 0 Å². The highest BCUT2D eigenvalue weighted by molar-refractivity contribution is 5.86. The Morgan fingerprint density at radius 1 is 1.23 bits per heavy atom. The van der Waals surface area contributed by atoms with Crippen LogP contribution in [0.1, 0.15) is 52.4 Å². The van der Waals surface area contributed by atoms with Gasteiger partial charge in [-0.05, 0) is 19.3 Å². The Balaban J connectivity index is 3.82. The van der Waals surface area contributed by atoms with Crippen LogP contribution in [0.4, 0.5) is 0 Å². The molecule has 0 aromatic heterocycles. The number of hydrogen-bond acceptors (Lipinski definition) is 1. The smallest absolute Gasteiger partial charge is 0.331 e. The van der Waals surface area contributed by atoms with E-state index in [1.807, 2.05) is 13.0 Å². The van der Waals surface area contributed by atoms with Gasteiger partial charge < -0.3 is 5.11 Å². The fourth-order valence-corrected chi connectivity index (χ4v) is 1.24. The SMILES string of the molecule is CCCCCC=C(CCC)C(=O)O. The second-order valence-corrected chi connectivity index (χ2v) is 3.28. The van der Waals surface area contributed by atoms with Gasteiger partial charge in [0.05, 0.1) is 0 Å². The lowest BCUT2D eigenvalue weighted by Gasteiger charge is -1.99. The van der Waals surface area contributed by atoms with Gasteiger partial charge in [-0.1, -0.05) is 39.2 Å². The van der Waals surface area contributed by atoms with Crippen LogP contribution in [0.25, 0.3) is 0 Å². The molecule has 0 aliphatic heterocycles. The van der Waals surface area contributed by atoms with Crippen molar-refractivity contribution in [3.05, 3.63) is 11.6 Å². The highest BCUT2D eigenvalue weighted by atomic mass is 16.4. The van der Waals surface area contributed by atoms with E-state index < -0.39 is 5.97 Å². The van der Waals surface area contributed by atoms with Crippen molar-refractivity contribution < 1.29 is 9.90 Å². The predicted molar refractivity (Wildman–Crippen MR) is 54.8 cm³/mol. The molecule has 0 amide bonds. The highest BCUT2D eigenvalue weighted by Gasteiger charge is 2.03. The average Bonchev–Trinajstić information content (AvgIpc) is 2.10. The highest BCUT2D eigenvalue weighted by Crippen LogP contribution is 2.08. The summed E-state index contributed by atoms with van der Waals surface area (Å²) in [6, 6.07) is 0. The van der Waals surface area contributed by atoms with Crippen molar-refractivity contribution >= 4 is 5.97 Å². The van der Waals surface area contributed by atoms with E-state index in [9.17, 15) is 4.79 Å². The molecule has 0 fully saturated rings. The quantitative estimate of drug-likeness (QED) is 0.486. The minimum atomic E-state index is -0.752. The van der Waals surface area contributed by atoms with Crippen LogP contribution in [0.2, 0.25) is 0 Å². The van der Waals surface area contributed by atoms with Crippen molar-refractivity contribution in [2.24, 2.45) is 0 Å². The lowest BCUT2D eigenvalue weighted by Crippen LogP contribution is -1.99. The molecule has 0 spiro atoms. The van der Waals surface area contributed by atoms with Gasteiger partial charge in [0.1, 0.15) is 0 Å². The maximum Gasteiger partial charge on any atom is 0.331 e. The molecule has 0 radical (unpaired) electrons. The van der Waals surface area contributed by atoms with Gasteiger partial charge in [0, 0.05) is 5.57 Å². The molecule has 0 aromatic carbocycles. The monoisotopic (exact) mass is 184 g/mol. The second-order valence-electron chi connectivity index (χ2n) is 3.28. The second kappa shape index (κ2) is 7.84. The molecular weight excluding hydrogens is 164 g/mol. The predicted octanol–water partition coefficient (Wildman–Crippen LogP) is 3.38. The molecule has 0 unspecified atom stereocenters. The average molecular weight is 184 g/mol. The van der Waals surface area contributed by atoms with Gasteiger partial charge in [-0.3, -0.25) is 0 Å². The Morgan fingerprint density at radius 2 is 1.92 bits per heavy atom. The van der Waals surface area contributed by atoms with E-state index in [1.165, 1.54) is 12.8 Å². The molecule has 0 aliphatic carbocycles. The molecule has 0 saturated heterocycles. The van der Waals surface area contributed by atoms with E-state index in [2.05, 4.69) is 6.92 Å². The zero-order valence-corrected chi connectivity index (χ0v) is 8.68. The summed E-state index contributed by atoms with van der Waals surface area (Å²) >= 11 is 0. The minimum Gasteiger partial charge on any atom is -0.478 e. The molecule has 13 heavy (non-hydrogen) atoms. The molecule has 76 valence electrons. The number of unbranched alkanes of at least 4 members (excludes halogenated alkanes) is 3. The Bertz CT molecular complexity index is 171.